The van der Waals surface area contributed by atoms with E-state index in [1.807, 2.05) is 0 Å². The van der Waals surface area contributed by atoms with Gasteiger partial charge in [0, 0.05) is 6.04 Å². The van der Waals surface area contributed by atoms with Crippen molar-refractivity contribution in [1.29, 1.82) is 0 Å². The van der Waals surface area contributed by atoms with Crippen LogP contribution in [0.4, 0.5) is 0 Å². The van der Waals surface area contributed by atoms with Crippen molar-refractivity contribution in [1.82, 2.24) is 0 Å². The maximum atomic E-state index is 8.68. The highest BCUT2D eigenvalue weighted by molar-refractivity contribution is 5.07. The molecule has 0 saturated heterocycles. The molecule has 0 heterocycles. The SMILES string of the molecule is C#C.COO.N[C@H]1CCC=C(CO)C1. The molecule has 1 aliphatic carbocycles. The summed E-state index contributed by atoms with van der Waals surface area (Å²) in [5.74, 6) is 0. The molecule has 0 radical (unpaired) electrons. The van der Waals surface area contributed by atoms with Crippen LogP contribution in [0.15, 0.2) is 11.6 Å². The Morgan fingerprint density at radius 1 is 1.64 bits per heavy atom. The van der Waals surface area contributed by atoms with Crippen LogP contribution in [-0.2, 0) is 4.89 Å². The molecule has 4 N–H and O–H groups in total. The molecule has 1 rings (SSSR count). The highest BCUT2D eigenvalue weighted by Gasteiger charge is 2.09. The van der Waals surface area contributed by atoms with Crippen molar-refractivity contribution in [3.05, 3.63) is 11.6 Å². The third kappa shape index (κ3) is 9.23. The molecule has 1 aliphatic rings. The number of allylic oxidation sites excluding steroid dienone is 1. The van der Waals surface area contributed by atoms with Crippen LogP contribution < -0.4 is 5.73 Å². The van der Waals surface area contributed by atoms with Gasteiger partial charge in [0.05, 0.1) is 13.7 Å². The highest BCUT2D eigenvalue weighted by atomic mass is 17.1. The Hall–Kier alpha value is -0.860. The average molecular weight is 201 g/mol. The van der Waals surface area contributed by atoms with E-state index in [0.29, 0.717) is 0 Å². The van der Waals surface area contributed by atoms with Crippen molar-refractivity contribution in [2.75, 3.05) is 13.7 Å². The van der Waals surface area contributed by atoms with E-state index in [0.717, 1.165) is 24.8 Å². The molecule has 0 saturated carbocycles. The lowest BCUT2D eigenvalue weighted by atomic mass is 9.96. The van der Waals surface area contributed by atoms with E-state index < -0.39 is 0 Å². The number of aliphatic hydroxyl groups is 1. The van der Waals surface area contributed by atoms with E-state index in [1.54, 1.807) is 0 Å². The molecule has 0 aromatic carbocycles. The van der Waals surface area contributed by atoms with Gasteiger partial charge in [-0.1, -0.05) is 6.08 Å². The van der Waals surface area contributed by atoms with Crippen molar-refractivity contribution >= 4 is 0 Å². The quantitative estimate of drug-likeness (QED) is 0.253. The fourth-order valence-corrected chi connectivity index (χ4v) is 1.15. The number of rotatable bonds is 1. The normalized spacial score (nSPS) is 19.3. The number of hydrogen-bond acceptors (Lipinski definition) is 4. The zero-order valence-electron chi connectivity index (χ0n) is 8.52. The molecule has 82 valence electrons. The smallest absolute Gasteiger partial charge is 0.0710 e. The lowest BCUT2D eigenvalue weighted by molar-refractivity contribution is -0.214. The first-order valence-electron chi connectivity index (χ1n) is 4.29. The van der Waals surface area contributed by atoms with Crippen molar-refractivity contribution < 1.29 is 15.3 Å². The molecule has 0 aromatic rings. The Balaban J connectivity index is 0. The summed E-state index contributed by atoms with van der Waals surface area (Å²) in [5, 5.41) is 15.8. The van der Waals surface area contributed by atoms with Gasteiger partial charge in [-0.25, -0.2) is 4.89 Å². The Morgan fingerprint density at radius 2 is 2.14 bits per heavy atom. The largest absolute Gasteiger partial charge is 0.392 e. The molecular weight excluding hydrogens is 182 g/mol. The molecule has 0 spiro atoms. The van der Waals surface area contributed by atoms with E-state index in [4.69, 9.17) is 16.1 Å². The summed E-state index contributed by atoms with van der Waals surface area (Å²) in [6.07, 6.45) is 13.1. The van der Waals surface area contributed by atoms with Crippen LogP contribution in [-0.4, -0.2) is 30.1 Å². The maximum Gasteiger partial charge on any atom is 0.0710 e. The molecular formula is C10H19NO3. The molecule has 0 bridgehead atoms. The monoisotopic (exact) mass is 201 g/mol. The van der Waals surface area contributed by atoms with Crippen LogP contribution in [0.1, 0.15) is 19.3 Å². The summed E-state index contributed by atoms with van der Waals surface area (Å²) >= 11 is 0. The number of aliphatic hydroxyl groups excluding tert-OH is 1. The summed E-state index contributed by atoms with van der Waals surface area (Å²) in [4.78, 5) is 3.25. The maximum absolute atomic E-state index is 8.68. The van der Waals surface area contributed by atoms with Gasteiger partial charge in [-0.15, -0.1) is 12.8 Å². The average Bonchev–Trinajstić information content (AvgIpc) is 2.22. The third-order valence-corrected chi connectivity index (χ3v) is 1.70. The van der Waals surface area contributed by atoms with Crippen LogP contribution in [0.25, 0.3) is 0 Å². The van der Waals surface area contributed by atoms with Crippen LogP contribution in [0.3, 0.4) is 0 Å². The Kier molecular flexibility index (Phi) is 13.5. The molecule has 0 unspecified atom stereocenters. The first-order chi connectivity index (χ1) is 6.74. The lowest BCUT2D eigenvalue weighted by Gasteiger charge is -2.16. The molecule has 4 heteroatoms. The van der Waals surface area contributed by atoms with Gasteiger partial charge in [0.2, 0.25) is 0 Å². The standard InChI is InChI=1S/C7H13NO.C2H2.CH4O2/c8-7-3-1-2-6(4-7)5-9;1-2;1-3-2/h2,7,9H,1,3-5,8H2;1-2H;2H,1H3/t7-;;/m0../s1. The van der Waals surface area contributed by atoms with Gasteiger partial charge < -0.3 is 10.8 Å². The van der Waals surface area contributed by atoms with Crippen molar-refractivity contribution in [3.63, 3.8) is 0 Å². The van der Waals surface area contributed by atoms with E-state index in [2.05, 4.69) is 23.8 Å². The van der Waals surface area contributed by atoms with Gasteiger partial charge in [-0.2, -0.15) is 0 Å². The number of terminal acetylenes is 1. The first-order valence-corrected chi connectivity index (χ1v) is 4.29. The van der Waals surface area contributed by atoms with Crippen LogP contribution >= 0.6 is 0 Å². The van der Waals surface area contributed by atoms with Crippen LogP contribution in [0, 0.1) is 12.8 Å². The Labute approximate surface area is 85.3 Å². The van der Waals surface area contributed by atoms with E-state index in [-0.39, 0.29) is 12.6 Å². The second-order valence-corrected chi connectivity index (χ2v) is 2.74. The third-order valence-electron chi connectivity index (χ3n) is 1.70. The summed E-state index contributed by atoms with van der Waals surface area (Å²) < 4.78 is 0. The van der Waals surface area contributed by atoms with Gasteiger partial charge in [-0.05, 0) is 24.8 Å². The van der Waals surface area contributed by atoms with E-state index >= 15 is 0 Å². The number of hydrogen-bond donors (Lipinski definition) is 3. The fourth-order valence-electron chi connectivity index (χ4n) is 1.15. The molecule has 4 nitrogen and oxygen atoms in total. The molecule has 0 amide bonds. The molecule has 0 aromatic heterocycles. The van der Waals surface area contributed by atoms with Gasteiger partial charge in [0.1, 0.15) is 0 Å². The summed E-state index contributed by atoms with van der Waals surface area (Å²) in [5.41, 5.74) is 6.75. The number of nitrogens with two attached hydrogens (primary N) is 1. The van der Waals surface area contributed by atoms with Gasteiger partial charge in [-0.3, -0.25) is 5.26 Å². The zero-order chi connectivity index (χ0) is 11.4. The molecule has 1 atom stereocenters. The molecule has 0 aliphatic heterocycles. The van der Waals surface area contributed by atoms with Crippen molar-refractivity contribution in [3.8, 4) is 12.8 Å². The zero-order valence-corrected chi connectivity index (χ0v) is 8.52. The van der Waals surface area contributed by atoms with Gasteiger partial charge >= 0.3 is 0 Å². The lowest BCUT2D eigenvalue weighted by Crippen LogP contribution is -2.23. The topological polar surface area (TPSA) is 75.7 Å². The minimum Gasteiger partial charge on any atom is -0.392 e. The van der Waals surface area contributed by atoms with Crippen molar-refractivity contribution in [2.45, 2.75) is 25.3 Å². The molecule has 14 heavy (non-hydrogen) atoms. The summed E-state index contributed by atoms with van der Waals surface area (Å²) in [7, 11) is 1.18. The van der Waals surface area contributed by atoms with E-state index in [1.165, 1.54) is 7.11 Å². The predicted molar refractivity (Wildman–Crippen MR) is 56.5 cm³/mol. The van der Waals surface area contributed by atoms with Crippen molar-refractivity contribution in [2.24, 2.45) is 5.73 Å². The second kappa shape index (κ2) is 12.1. The predicted octanol–water partition coefficient (Wildman–Crippen LogP) is 0.772. The van der Waals surface area contributed by atoms with Crippen LogP contribution in [0.5, 0.6) is 0 Å². The van der Waals surface area contributed by atoms with Crippen LogP contribution in [0.2, 0.25) is 0 Å². The van der Waals surface area contributed by atoms with E-state index in [9.17, 15) is 0 Å². The molecule has 0 fully saturated rings. The minimum absolute atomic E-state index is 0.188. The highest BCUT2D eigenvalue weighted by Crippen LogP contribution is 2.15. The Morgan fingerprint density at radius 3 is 2.43 bits per heavy atom. The summed E-state index contributed by atoms with van der Waals surface area (Å²) in [6, 6.07) is 0.289. The first kappa shape index (κ1) is 15.6. The second-order valence-electron chi connectivity index (χ2n) is 2.74. The minimum atomic E-state index is 0.188. The summed E-state index contributed by atoms with van der Waals surface area (Å²) in [6.45, 7) is 0.188. The fraction of sp³-hybridized carbons (Fsp3) is 0.600. The van der Waals surface area contributed by atoms with Gasteiger partial charge in [0.15, 0.2) is 0 Å². The Bertz CT molecular complexity index is 166. The van der Waals surface area contributed by atoms with Gasteiger partial charge in [0.25, 0.3) is 0 Å².